The molecule has 0 saturated carbocycles. The first-order valence-electron chi connectivity index (χ1n) is 9.96. The van der Waals surface area contributed by atoms with Gasteiger partial charge >= 0.3 is 5.69 Å². The Morgan fingerprint density at radius 3 is 2.25 bits per heavy atom. The Kier molecular flexibility index (Phi) is 5.29. The first-order chi connectivity index (χ1) is 13.4. The maximum absolute atomic E-state index is 13.0. The number of hydrogen-bond donors (Lipinski definition) is 2. The third kappa shape index (κ3) is 3.73. The first kappa shape index (κ1) is 19.2. The number of carbonyl (C=O) groups excluding carboxylic acids is 1. The van der Waals surface area contributed by atoms with Crippen LogP contribution in [-0.2, 0) is 14.8 Å². The zero-order valence-electron chi connectivity index (χ0n) is 15.8. The molecule has 2 aromatic rings. The Hall–Kier alpha value is -2.13. The van der Waals surface area contributed by atoms with E-state index >= 15 is 0 Å². The van der Waals surface area contributed by atoms with Gasteiger partial charge in [0.1, 0.15) is 0 Å². The van der Waals surface area contributed by atoms with Gasteiger partial charge < -0.3 is 14.9 Å². The van der Waals surface area contributed by atoms with Crippen molar-refractivity contribution in [2.75, 3.05) is 26.2 Å². The molecule has 3 heterocycles. The van der Waals surface area contributed by atoms with Crippen molar-refractivity contribution in [3.05, 3.63) is 28.7 Å². The number of piperidine rings is 1. The average molecular weight is 407 g/mol. The summed E-state index contributed by atoms with van der Waals surface area (Å²) in [7, 11) is -3.65. The van der Waals surface area contributed by atoms with E-state index in [1.54, 1.807) is 6.07 Å². The van der Waals surface area contributed by atoms with Gasteiger partial charge in [0, 0.05) is 32.1 Å². The van der Waals surface area contributed by atoms with Crippen molar-refractivity contribution in [2.24, 2.45) is 5.92 Å². The van der Waals surface area contributed by atoms with Crippen LogP contribution in [-0.4, -0.2) is 59.7 Å². The van der Waals surface area contributed by atoms with E-state index in [4.69, 9.17) is 0 Å². The molecule has 1 aromatic heterocycles. The number of likely N-dealkylation sites (tertiary alicyclic amines) is 1. The van der Waals surface area contributed by atoms with E-state index in [0.29, 0.717) is 37.0 Å². The number of amides is 1. The predicted molar refractivity (Wildman–Crippen MR) is 105 cm³/mol. The normalized spacial score (nSPS) is 20.4. The van der Waals surface area contributed by atoms with E-state index in [9.17, 15) is 18.0 Å². The molecule has 0 aliphatic carbocycles. The number of rotatable bonds is 3. The van der Waals surface area contributed by atoms with E-state index < -0.39 is 10.0 Å². The lowest BCUT2D eigenvalue weighted by Gasteiger charge is -2.33. The zero-order valence-corrected chi connectivity index (χ0v) is 16.6. The fourth-order valence-electron chi connectivity index (χ4n) is 4.21. The highest BCUT2D eigenvalue weighted by Gasteiger charge is 2.34. The maximum Gasteiger partial charge on any atom is 0.323 e. The van der Waals surface area contributed by atoms with Crippen LogP contribution in [0.2, 0.25) is 0 Å². The van der Waals surface area contributed by atoms with Gasteiger partial charge in [-0.15, -0.1) is 0 Å². The lowest BCUT2D eigenvalue weighted by molar-refractivity contribution is -0.136. The van der Waals surface area contributed by atoms with Gasteiger partial charge in [-0.2, -0.15) is 4.31 Å². The van der Waals surface area contributed by atoms with Gasteiger partial charge in [-0.05, 0) is 43.9 Å². The third-order valence-corrected chi connectivity index (χ3v) is 7.74. The number of benzene rings is 1. The van der Waals surface area contributed by atoms with Crippen molar-refractivity contribution in [1.82, 2.24) is 19.2 Å². The van der Waals surface area contributed by atoms with Crippen LogP contribution in [0.4, 0.5) is 0 Å². The van der Waals surface area contributed by atoms with E-state index in [2.05, 4.69) is 9.97 Å². The summed E-state index contributed by atoms with van der Waals surface area (Å²) in [4.78, 5) is 31.5. The van der Waals surface area contributed by atoms with Gasteiger partial charge in [-0.3, -0.25) is 4.79 Å². The molecule has 0 spiro atoms. The van der Waals surface area contributed by atoms with E-state index in [-0.39, 0.29) is 22.4 Å². The number of imidazole rings is 1. The number of sulfonamides is 1. The number of nitrogens with zero attached hydrogens (tertiary/aromatic N) is 2. The Morgan fingerprint density at radius 1 is 0.929 bits per heavy atom. The minimum atomic E-state index is -3.65. The molecule has 2 aliphatic heterocycles. The molecule has 0 radical (unpaired) electrons. The molecular weight excluding hydrogens is 380 g/mol. The molecular formula is C19H26N4O4S. The minimum absolute atomic E-state index is 0.0898. The molecule has 152 valence electrons. The van der Waals surface area contributed by atoms with Gasteiger partial charge in [0.05, 0.1) is 15.9 Å². The number of hydrogen-bond acceptors (Lipinski definition) is 4. The van der Waals surface area contributed by atoms with Crippen molar-refractivity contribution in [3.63, 3.8) is 0 Å². The summed E-state index contributed by atoms with van der Waals surface area (Å²) < 4.78 is 27.4. The van der Waals surface area contributed by atoms with Gasteiger partial charge in [0.2, 0.25) is 15.9 Å². The van der Waals surface area contributed by atoms with Crippen LogP contribution in [0.3, 0.4) is 0 Å². The topological polar surface area (TPSA) is 106 Å². The highest BCUT2D eigenvalue weighted by molar-refractivity contribution is 7.89. The molecule has 2 fully saturated rings. The van der Waals surface area contributed by atoms with Crippen molar-refractivity contribution >= 4 is 27.0 Å². The standard InChI is InChI=1S/C19H26N4O4S/c24-18(22-9-3-1-2-4-10-22)14-7-11-23(12-8-14)28(26,27)15-5-6-16-17(13-15)21-19(25)20-16/h5-6,13-14H,1-4,7-12H2,(H2,20,21,25). The summed E-state index contributed by atoms with van der Waals surface area (Å²) in [6.07, 6.45) is 5.58. The number of aromatic nitrogens is 2. The van der Waals surface area contributed by atoms with Crippen molar-refractivity contribution in [1.29, 1.82) is 0 Å². The molecule has 2 aliphatic rings. The van der Waals surface area contributed by atoms with Gasteiger partial charge in [-0.25, -0.2) is 13.2 Å². The summed E-state index contributed by atoms with van der Waals surface area (Å²) in [6, 6.07) is 4.59. The zero-order chi connectivity index (χ0) is 19.7. The van der Waals surface area contributed by atoms with Crippen LogP contribution in [0.1, 0.15) is 38.5 Å². The Morgan fingerprint density at radius 2 is 1.57 bits per heavy atom. The quantitative estimate of drug-likeness (QED) is 0.808. The largest absolute Gasteiger partial charge is 0.342 e. The molecule has 0 bridgehead atoms. The van der Waals surface area contributed by atoms with E-state index in [1.165, 1.54) is 29.3 Å². The Bertz CT molecular complexity index is 1010. The molecule has 28 heavy (non-hydrogen) atoms. The average Bonchev–Trinajstić information content (AvgIpc) is 2.89. The van der Waals surface area contributed by atoms with Crippen LogP contribution in [0.5, 0.6) is 0 Å². The van der Waals surface area contributed by atoms with Gasteiger partial charge in [0.15, 0.2) is 0 Å². The van der Waals surface area contributed by atoms with Crippen LogP contribution in [0.25, 0.3) is 11.0 Å². The number of fused-ring (bicyclic) bond motifs is 1. The SMILES string of the molecule is O=C(C1CCN(S(=O)(=O)c2ccc3[nH]c(=O)[nH]c3c2)CC1)N1CCCCCC1. The number of H-pyrrole nitrogens is 2. The smallest absolute Gasteiger partial charge is 0.323 e. The van der Waals surface area contributed by atoms with Gasteiger partial charge in [-0.1, -0.05) is 12.8 Å². The second-order valence-corrected chi connectivity index (χ2v) is 9.64. The molecule has 4 rings (SSSR count). The van der Waals surface area contributed by atoms with Crippen LogP contribution < -0.4 is 5.69 Å². The lowest BCUT2D eigenvalue weighted by atomic mass is 9.96. The first-order valence-corrected chi connectivity index (χ1v) is 11.4. The molecule has 2 saturated heterocycles. The maximum atomic E-state index is 13.0. The van der Waals surface area contributed by atoms with Crippen LogP contribution in [0, 0.1) is 5.92 Å². The highest BCUT2D eigenvalue weighted by atomic mass is 32.2. The second kappa shape index (κ2) is 7.71. The molecule has 8 nitrogen and oxygen atoms in total. The summed E-state index contributed by atoms with van der Waals surface area (Å²) in [5.74, 6) is 0.0957. The summed E-state index contributed by atoms with van der Waals surface area (Å²) in [6.45, 7) is 2.33. The highest BCUT2D eigenvalue weighted by Crippen LogP contribution is 2.27. The molecule has 9 heteroatoms. The van der Waals surface area contributed by atoms with E-state index in [1.807, 2.05) is 4.90 Å². The summed E-state index contributed by atoms with van der Waals surface area (Å²) >= 11 is 0. The van der Waals surface area contributed by atoms with Crippen LogP contribution >= 0.6 is 0 Å². The molecule has 2 N–H and O–H groups in total. The molecule has 1 amide bonds. The Balaban J connectivity index is 1.44. The Labute approximate surface area is 164 Å². The van der Waals surface area contributed by atoms with Crippen molar-refractivity contribution < 1.29 is 13.2 Å². The summed E-state index contributed by atoms with van der Waals surface area (Å²) in [5.41, 5.74) is 0.681. The van der Waals surface area contributed by atoms with E-state index in [0.717, 1.165) is 25.9 Å². The molecule has 0 atom stereocenters. The molecule has 0 unspecified atom stereocenters. The van der Waals surface area contributed by atoms with Gasteiger partial charge in [0.25, 0.3) is 0 Å². The molecule has 1 aromatic carbocycles. The number of aromatic amines is 2. The minimum Gasteiger partial charge on any atom is -0.342 e. The van der Waals surface area contributed by atoms with Crippen molar-refractivity contribution in [3.8, 4) is 0 Å². The van der Waals surface area contributed by atoms with Crippen LogP contribution in [0.15, 0.2) is 27.9 Å². The third-order valence-electron chi connectivity index (χ3n) is 5.85. The second-order valence-electron chi connectivity index (χ2n) is 7.70. The predicted octanol–water partition coefficient (Wildman–Crippen LogP) is 1.66. The monoisotopic (exact) mass is 406 g/mol. The summed E-state index contributed by atoms with van der Waals surface area (Å²) in [5, 5.41) is 0. The number of nitrogens with one attached hydrogen (secondary N) is 2. The lowest BCUT2D eigenvalue weighted by Crippen LogP contribution is -2.44. The van der Waals surface area contributed by atoms with Crippen molar-refractivity contribution in [2.45, 2.75) is 43.4 Å². The number of carbonyl (C=O) groups is 1. The fraction of sp³-hybridized carbons (Fsp3) is 0.579. The fourth-order valence-corrected chi connectivity index (χ4v) is 5.71.